The van der Waals surface area contributed by atoms with Gasteiger partial charge in [0, 0.05) is 61.8 Å². The van der Waals surface area contributed by atoms with E-state index in [9.17, 15) is 9.59 Å². The van der Waals surface area contributed by atoms with Crippen molar-refractivity contribution in [3.05, 3.63) is 66.4 Å². The van der Waals surface area contributed by atoms with Crippen LogP contribution in [0.3, 0.4) is 0 Å². The molecule has 2 aliphatic heterocycles. The molecule has 2 aromatic carbocycles. The monoisotopic (exact) mass is 444 g/mol. The molecule has 0 aliphatic carbocycles. The van der Waals surface area contributed by atoms with E-state index in [1.54, 1.807) is 0 Å². The zero-order valence-corrected chi connectivity index (χ0v) is 19.2. The minimum atomic E-state index is -0.00129. The molecule has 3 aromatic rings. The van der Waals surface area contributed by atoms with Gasteiger partial charge in [-0.2, -0.15) is 0 Å². The van der Waals surface area contributed by atoms with Crippen molar-refractivity contribution in [3.8, 4) is 0 Å². The molecular formula is C27H32N4O2. The highest BCUT2D eigenvalue weighted by Crippen LogP contribution is 2.28. The Bertz CT molecular complexity index is 1080. The zero-order valence-electron chi connectivity index (χ0n) is 19.2. The Labute approximate surface area is 195 Å². The van der Waals surface area contributed by atoms with E-state index in [0.717, 1.165) is 49.9 Å². The topological polar surface area (TPSA) is 59.7 Å². The van der Waals surface area contributed by atoms with Crippen molar-refractivity contribution >= 4 is 28.4 Å². The number of likely N-dealkylation sites (tertiary alicyclic amines) is 1. The fraction of sp³-hybridized carbons (Fsp3) is 0.407. The summed E-state index contributed by atoms with van der Waals surface area (Å²) in [6.45, 7) is 6.79. The van der Waals surface area contributed by atoms with Crippen LogP contribution >= 0.6 is 0 Å². The molecule has 1 N–H and O–H groups in total. The van der Waals surface area contributed by atoms with Crippen LogP contribution in [0.1, 0.15) is 30.3 Å². The first-order valence-corrected chi connectivity index (χ1v) is 12.1. The number of amides is 2. The van der Waals surface area contributed by atoms with E-state index in [0.29, 0.717) is 24.7 Å². The Morgan fingerprint density at radius 1 is 0.848 bits per heavy atom. The first-order valence-electron chi connectivity index (χ1n) is 12.1. The van der Waals surface area contributed by atoms with Crippen molar-refractivity contribution < 1.29 is 9.59 Å². The van der Waals surface area contributed by atoms with Gasteiger partial charge >= 0.3 is 0 Å². The molecule has 0 spiro atoms. The van der Waals surface area contributed by atoms with Crippen LogP contribution in [0.25, 0.3) is 10.9 Å². The van der Waals surface area contributed by atoms with Crippen molar-refractivity contribution in [1.29, 1.82) is 0 Å². The highest BCUT2D eigenvalue weighted by atomic mass is 16.2. The lowest BCUT2D eigenvalue weighted by Gasteiger charge is -2.39. The number of aromatic nitrogens is 1. The number of nitrogens with one attached hydrogen (secondary N) is 1. The van der Waals surface area contributed by atoms with Crippen LogP contribution in [0.4, 0.5) is 5.69 Å². The molecule has 0 radical (unpaired) electrons. The van der Waals surface area contributed by atoms with Crippen molar-refractivity contribution in [3.63, 3.8) is 0 Å². The summed E-state index contributed by atoms with van der Waals surface area (Å²) in [5.41, 5.74) is 2.86. The largest absolute Gasteiger partial charge is 0.368 e. The van der Waals surface area contributed by atoms with E-state index in [1.165, 1.54) is 5.69 Å². The van der Waals surface area contributed by atoms with E-state index < -0.39 is 0 Å². The number of hydrogen-bond donors (Lipinski definition) is 1. The summed E-state index contributed by atoms with van der Waals surface area (Å²) in [6, 6.07) is 20.3. The number of piperidine rings is 1. The Morgan fingerprint density at radius 3 is 2.21 bits per heavy atom. The number of piperazine rings is 1. The summed E-state index contributed by atoms with van der Waals surface area (Å²) in [5.74, 6) is 0.652. The van der Waals surface area contributed by atoms with E-state index in [1.807, 2.05) is 46.2 Å². The summed E-state index contributed by atoms with van der Waals surface area (Å²) in [4.78, 5) is 35.7. The molecule has 2 amide bonds. The van der Waals surface area contributed by atoms with E-state index >= 15 is 0 Å². The third-order valence-corrected chi connectivity index (χ3v) is 7.40. The maximum absolute atomic E-state index is 13.2. The highest BCUT2D eigenvalue weighted by Gasteiger charge is 2.33. The van der Waals surface area contributed by atoms with Gasteiger partial charge in [-0.25, -0.2) is 0 Å². The molecule has 0 bridgehead atoms. The number of anilines is 1. The van der Waals surface area contributed by atoms with Gasteiger partial charge in [-0.05, 0) is 43.0 Å². The number of carbonyl (C=O) groups is 2. The molecule has 33 heavy (non-hydrogen) atoms. The van der Waals surface area contributed by atoms with Crippen LogP contribution in [0.2, 0.25) is 0 Å². The van der Waals surface area contributed by atoms with Crippen LogP contribution in [0, 0.1) is 11.8 Å². The second kappa shape index (κ2) is 9.30. The predicted octanol–water partition coefficient (Wildman–Crippen LogP) is 4.01. The SMILES string of the molecule is CC(C(=O)N1CCN(c2ccccc2)CC1)C1CCN(C(=O)c2cc3ccccc3[nH]2)CC1. The molecule has 172 valence electrons. The maximum Gasteiger partial charge on any atom is 0.270 e. The van der Waals surface area contributed by atoms with Crippen LogP contribution < -0.4 is 4.90 Å². The molecule has 6 heteroatoms. The van der Waals surface area contributed by atoms with Crippen LogP contribution in [-0.2, 0) is 4.79 Å². The lowest BCUT2D eigenvalue weighted by Crippen LogP contribution is -2.51. The van der Waals surface area contributed by atoms with Crippen molar-refractivity contribution in [2.45, 2.75) is 19.8 Å². The van der Waals surface area contributed by atoms with Gasteiger partial charge in [-0.15, -0.1) is 0 Å². The number of benzene rings is 2. The van der Waals surface area contributed by atoms with Gasteiger partial charge in [-0.1, -0.05) is 43.3 Å². The van der Waals surface area contributed by atoms with Gasteiger partial charge in [0.2, 0.25) is 5.91 Å². The summed E-state index contributed by atoms with van der Waals surface area (Å²) in [5, 5.41) is 1.06. The number of rotatable bonds is 4. The van der Waals surface area contributed by atoms with Crippen molar-refractivity contribution in [1.82, 2.24) is 14.8 Å². The predicted molar refractivity (Wildman–Crippen MR) is 131 cm³/mol. The lowest BCUT2D eigenvalue weighted by atomic mass is 9.84. The van der Waals surface area contributed by atoms with Gasteiger partial charge in [-0.3, -0.25) is 9.59 Å². The van der Waals surface area contributed by atoms with E-state index in [4.69, 9.17) is 0 Å². The maximum atomic E-state index is 13.2. The Kier molecular flexibility index (Phi) is 6.07. The average Bonchev–Trinajstić information content (AvgIpc) is 3.32. The van der Waals surface area contributed by atoms with Gasteiger partial charge < -0.3 is 19.7 Å². The molecule has 1 unspecified atom stereocenters. The van der Waals surface area contributed by atoms with Crippen LogP contribution in [-0.4, -0.2) is 65.9 Å². The zero-order chi connectivity index (χ0) is 22.8. The smallest absolute Gasteiger partial charge is 0.270 e. The summed E-state index contributed by atoms with van der Waals surface area (Å²) >= 11 is 0. The quantitative estimate of drug-likeness (QED) is 0.662. The van der Waals surface area contributed by atoms with Crippen molar-refractivity contribution in [2.75, 3.05) is 44.2 Å². The number of carbonyl (C=O) groups excluding carboxylic acids is 2. The molecule has 1 atom stereocenters. The third kappa shape index (κ3) is 4.47. The van der Waals surface area contributed by atoms with Crippen molar-refractivity contribution in [2.24, 2.45) is 11.8 Å². The second-order valence-electron chi connectivity index (χ2n) is 9.34. The fourth-order valence-corrected chi connectivity index (χ4v) is 5.27. The Balaban J connectivity index is 1.13. The highest BCUT2D eigenvalue weighted by molar-refractivity contribution is 5.98. The number of H-pyrrole nitrogens is 1. The third-order valence-electron chi connectivity index (χ3n) is 7.40. The molecule has 6 nitrogen and oxygen atoms in total. The molecule has 3 heterocycles. The molecule has 2 fully saturated rings. The average molecular weight is 445 g/mol. The Morgan fingerprint density at radius 2 is 1.52 bits per heavy atom. The first-order chi connectivity index (χ1) is 16.1. The molecule has 0 saturated carbocycles. The summed E-state index contributed by atoms with van der Waals surface area (Å²) in [7, 11) is 0. The lowest BCUT2D eigenvalue weighted by molar-refractivity contribution is -0.137. The number of fused-ring (bicyclic) bond motifs is 1. The van der Waals surface area contributed by atoms with Gasteiger partial charge in [0.1, 0.15) is 5.69 Å². The van der Waals surface area contributed by atoms with Gasteiger partial charge in [0.05, 0.1) is 0 Å². The van der Waals surface area contributed by atoms with Crippen LogP contribution in [0.5, 0.6) is 0 Å². The minimum Gasteiger partial charge on any atom is -0.368 e. The molecular weight excluding hydrogens is 412 g/mol. The Hall–Kier alpha value is -3.28. The number of hydrogen-bond acceptors (Lipinski definition) is 3. The minimum absolute atomic E-state index is 0.00129. The first kappa shape index (κ1) is 21.6. The normalized spacial score (nSPS) is 18.5. The van der Waals surface area contributed by atoms with Gasteiger partial charge in [0.15, 0.2) is 0 Å². The molecule has 2 saturated heterocycles. The number of para-hydroxylation sites is 2. The molecule has 5 rings (SSSR count). The summed E-state index contributed by atoms with van der Waals surface area (Å²) in [6.07, 6.45) is 1.76. The standard InChI is InChI=1S/C27H32N4O2/c1-20(26(32)31-17-15-29(16-18-31)23-8-3-2-4-9-23)21-11-13-30(14-12-21)27(33)25-19-22-7-5-6-10-24(22)28-25/h2-10,19-21,28H,11-18H2,1H3. The fourth-order valence-electron chi connectivity index (χ4n) is 5.27. The van der Waals surface area contributed by atoms with Crippen LogP contribution in [0.15, 0.2) is 60.7 Å². The van der Waals surface area contributed by atoms with E-state index in [-0.39, 0.29) is 17.7 Å². The molecule has 2 aliphatic rings. The number of nitrogens with zero attached hydrogens (tertiary/aromatic N) is 3. The van der Waals surface area contributed by atoms with Gasteiger partial charge in [0.25, 0.3) is 5.91 Å². The molecule has 1 aromatic heterocycles. The van der Waals surface area contributed by atoms with E-state index in [2.05, 4.69) is 41.1 Å². The number of aromatic amines is 1. The summed E-state index contributed by atoms with van der Waals surface area (Å²) < 4.78 is 0. The second-order valence-corrected chi connectivity index (χ2v) is 9.34.